The average Bonchev–Trinajstić information content (AvgIpc) is 2.70. The summed E-state index contributed by atoms with van der Waals surface area (Å²) in [5.41, 5.74) is 0.191. The van der Waals surface area contributed by atoms with Gasteiger partial charge in [0.25, 0.3) is 0 Å². The number of aliphatic imine (C=N–C) groups is 1. The van der Waals surface area contributed by atoms with Crippen LogP contribution in [0, 0.1) is 29.1 Å². The van der Waals surface area contributed by atoms with Crippen LogP contribution in [0.25, 0.3) is 0 Å². The topological polar surface area (TPSA) is 82.0 Å². The Morgan fingerprint density at radius 3 is 2.26 bits per heavy atom. The summed E-state index contributed by atoms with van der Waals surface area (Å²) < 4.78 is 102. The average molecular weight is 459 g/mol. The van der Waals surface area contributed by atoms with Gasteiger partial charge in [-0.25, -0.2) is 26.9 Å². The minimum absolute atomic E-state index is 0.00428. The van der Waals surface area contributed by atoms with E-state index in [1.54, 1.807) is 6.92 Å². The highest BCUT2D eigenvalue weighted by Gasteiger charge is 2.35. The van der Waals surface area contributed by atoms with Gasteiger partial charge in [-0.15, -0.1) is 0 Å². The number of hydrogen-bond donors (Lipinski definition) is 0. The molecule has 0 atom stereocenters. The van der Waals surface area contributed by atoms with Gasteiger partial charge in [-0.3, -0.25) is 4.79 Å². The third-order valence-corrected chi connectivity index (χ3v) is 5.00. The number of rotatable bonds is 5. The number of halogens is 5. The number of fused-ring (bicyclic) bond motifs is 1. The number of carbonyl (C=O) groups is 1. The van der Waals surface area contributed by atoms with E-state index in [0.29, 0.717) is 0 Å². The molecule has 0 radical (unpaired) electrons. The lowest BCUT2D eigenvalue weighted by Gasteiger charge is -2.15. The molecule has 0 fully saturated rings. The van der Waals surface area contributed by atoms with Gasteiger partial charge in [-0.05, 0) is 25.1 Å². The van der Waals surface area contributed by atoms with E-state index in [-0.39, 0.29) is 17.2 Å². The molecule has 0 N–H and O–H groups in total. The van der Waals surface area contributed by atoms with Crippen LogP contribution in [0.3, 0.4) is 0 Å². The number of allylic oxidation sites excluding steroid dienone is 4. The van der Waals surface area contributed by atoms with E-state index in [1.807, 2.05) is 0 Å². The molecule has 1 aliphatic heterocycles. The second-order valence-corrected chi connectivity index (χ2v) is 7.36. The SMILES string of the molecule is C/C=C\C(=O)/C=C1\C=Nc2ccc(OS(=O)(=O)c3c(F)c(F)c(F)c(F)c3F)cc2O1. The van der Waals surface area contributed by atoms with Crippen molar-refractivity contribution in [3.8, 4) is 11.5 Å². The fraction of sp³-hybridized carbons (Fsp3) is 0.0526. The molecule has 162 valence electrons. The summed E-state index contributed by atoms with van der Waals surface area (Å²) in [7, 11) is -5.47. The van der Waals surface area contributed by atoms with Gasteiger partial charge in [-0.2, -0.15) is 8.42 Å². The predicted octanol–water partition coefficient (Wildman–Crippen LogP) is 4.27. The van der Waals surface area contributed by atoms with Crippen LogP contribution in [0.4, 0.5) is 27.6 Å². The summed E-state index contributed by atoms with van der Waals surface area (Å²) >= 11 is 0. The summed E-state index contributed by atoms with van der Waals surface area (Å²) in [4.78, 5) is 13.5. The molecule has 0 unspecified atom stereocenters. The summed E-state index contributed by atoms with van der Waals surface area (Å²) in [6.45, 7) is 1.62. The molecule has 0 saturated heterocycles. The molecule has 12 heteroatoms. The molecule has 0 aromatic heterocycles. The van der Waals surface area contributed by atoms with Crippen LogP contribution in [0.5, 0.6) is 11.5 Å². The van der Waals surface area contributed by atoms with E-state index in [9.17, 15) is 35.2 Å². The minimum Gasteiger partial charge on any atom is -0.453 e. The molecule has 2 aromatic carbocycles. The normalized spacial score (nSPS) is 14.6. The molecular formula is C19H10F5NO5S. The quantitative estimate of drug-likeness (QED) is 0.219. The molecule has 0 spiro atoms. The molecule has 6 nitrogen and oxygen atoms in total. The van der Waals surface area contributed by atoms with Gasteiger partial charge in [0.1, 0.15) is 17.2 Å². The standard InChI is InChI=1S/C19H10F5NO5S/c1-2-3-9(26)6-11-8-25-12-5-4-10(7-13(12)29-11)30-31(27,28)19-17(23)15(21)14(20)16(22)18(19)24/h2-8H,1H3/b3-2-,11-6+. The number of carbonyl (C=O) groups excluding carboxylic acids is 1. The zero-order valence-electron chi connectivity index (χ0n) is 15.3. The number of nitrogens with zero attached hydrogens (tertiary/aromatic N) is 1. The third kappa shape index (κ3) is 4.33. The van der Waals surface area contributed by atoms with Crippen molar-refractivity contribution in [2.75, 3.05) is 0 Å². The number of benzene rings is 2. The highest BCUT2D eigenvalue weighted by atomic mass is 32.2. The Kier molecular flexibility index (Phi) is 5.93. The van der Waals surface area contributed by atoms with Gasteiger partial charge in [0.2, 0.25) is 5.82 Å². The lowest BCUT2D eigenvalue weighted by Crippen LogP contribution is -2.17. The van der Waals surface area contributed by atoms with Gasteiger partial charge in [0, 0.05) is 12.1 Å². The van der Waals surface area contributed by atoms with Gasteiger partial charge >= 0.3 is 10.1 Å². The molecule has 2 aromatic rings. The van der Waals surface area contributed by atoms with E-state index in [4.69, 9.17) is 4.74 Å². The van der Waals surface area contributed by atoms with Crippen molar-refractivity contribution < 1.29 is 44.1 Å². The Bertz CT molecular complexity index is 1260. The van der Waals surface area contributed by atoms with Crippen molar-refractivity contribution in [2.45, 2.75) is 11.8 Å². The maximum absolute atomic E-state index is 13.8. The van der Waals surface area contributed by atoms with Gasteiger partial charge < -0.3 is 8.92 Å². The van der Waals surface area contributed by atoms with E-state index < -0.39 is 55.6 Å². The van der Waals surface area contributed by atoms with Crippen LogP contribution >= 0.6 is 0 Å². The number of hydrogen-bond acceptors (Lipinski definition) is 6. The maximum atomic E-state index is 13.8. The van der Waals surface area contributed by atoms with E-state index in [0.717, 1.165) is 18.2 Å². The van der Waals surface area contributed by atoms with Crippen LogP contribution in [-0.2, 0) is 14.9 Å². The second-order valence-electron chi connectivity index (χ2n) is 5.88. The first-order chi connectivity index (χ1) is 14.5. The van der Waals surface area contributed by atoms with Crippen molar-refractivity contribution in [1.82, 2.24) is 0 Å². The van der Waals surface area contributed by atoms with Crippen molar-refractivity contribution in [1.29, 1.82) is 0 Å². The Balaban J connectivity index is 1.96. The van der Waals surface area contributed by atoms with Crippen LogP contribution < -0.4 is 8.92 Å². The van der Waals surface area contributed by atoms with Crippen LogP contribution in [0.2, 0.25) is 0 Å². The maximum Gasteiger partial charge on any atom is 0.345 e. The number of ether oxygens (including phenoxy) is 1. The van der Waals surface area contributed by atoms with Crippen LogP contribution in [0.1, 0.15) is 6.92 Å². The summed E-state index contributed by atoms with van der Waals surface area (Å²) in [6.07, 6.45) is 5.04. The monoisotopic (exact) mass is 459 g/mol. The first kappa shape index (κ1) is 22.2. The Hall–Kier alpha value is -3.54. The molecule has 0 bridgehead atoms. The van der Waals surface area contributed by atoms with Gasteiger partial charge in [0.05, 0.1) is 6.21 Å². The lowest BCUT2D eigenvalue weighted by molar-refractivity contribution is -0.110. The van der Waals surface area contributed by atoms with E-state index >= 15 is 0 Å². The summed E-state index contributed by atoms with van der Waals surface area (Å²) in [5.74, 6) is -13.6. The smallest absolute Gasteiger partial charge is 0.345 e. The van der Waals surface area contributed by atoms with E-state index in [1.165, 1.54) is 24.4 Å². The molecule has 1 aliphatic rings. The zero-order valence-corrected chi connectivity index (χ0v) is 16.1. The van der Waals surface area contributed by atoms with Crippen molar-refractivity contribution >= 4 is 27.8 Å². The first-order valence-corrected chi connectivity index (χ1v) is 9.66. The molecule has 0 aliphatic carbocycles. The Labute approximate surface area is 172 Å². The van der Waals surface area contributed by atoms with Crippen LogP contribution in [0.15, 0.2) is 52.1 Å². The molecule has 1 heterocycles. The van der Waals surface area contributed by atoms with Crippen molar-refractivity contribution in [2.24, 2.45) is 4.99 Å². The Morgan fingerprint density at radius 1 is 1.03 bits per heavy atom. The third-order valence-electron chi connectivity index (χ3n) is 3.73. The van der Waals surface area contributed by atoms with Gasteiger partial charge in [0.15, 0.2) is 39.7 Å². The number of ketones is 1. The van der Waals surface area contributed by atoms with Crippen LogP contribution in [-0.4, -0.2) is 20.4 Å². The second kappa shape index (κ2) is 8.30. The fourth-order valence-electron chi connectivity index (χ4n) is 2.41. The molecule has 0 amide bonds. The first-order valence-electron chi connectivity index (χ1n) is 8.25. The van der Waals surface area contributed by atoms with Gasteiger partial charge in [-0.1, -0.05) is 6.08 Å². The van der Waals surface area contributed by atoms with Crippen molar-refractivity contribution in [3.63, 3.8) is 0 Å². The summed E-state index contributed by atoms with van der Waals surface area (Å²) in [5, 5.41) is 0. The molecule has 31 heavy (non-hydrogen) atoms. The minimum atomic E-state index is -5.47. The molecular weight excluding hydrogens is 449 g/mol. The van der Waals surface area contributed by atoms with E-state index in [2.05, 4.69) is 9.18 Å². The van der Waals surface area contributed by atoms with Crippen molar-refractivity contribution in [3.05, 3.63) is 71.3 Å². The fourth-order valence-corrected chi connectivity index (χ4v) is 3.47. The molecule has 0 saturated carbocycles. The largest absolute Gasteiger partial charge is 0.453 e. The highest BCUT2D eigenvalue weighted by Crippen LogP contribution is 2.37. The summed E-state index contributed by atoms with van der Waals surface area (Å²) in [6, 6.07) is 3.17. The predicted molar refractivity (Wildman–Crippen MR) is 97.2 cm³/mol. The zero-order chi connectivity index (χ0) is 22.9. The Morgan fingerprint density at radius 2 is 1.65 bits per heavy atom. The molecule has 3 rings (SSSR count). The highest BCUT2D eigenvalue weighted by molar-refractivity contribution is 7.87. The lowest BCUT2D eigenvalue weighted by atomic mass is 10.2.